The molecule has 1 N–H and O–H groups in total. The van der Waals surface area contributed by atoms with Crippen LogP contribution in [0, 0.1) is 0 Å². The van der Waals surface area contributed by atoms with Crippen LogP contribution in [0.25, 0.3) is 50.4 Å². The van der Waals surface area contributed by atoms with Crippen molar-refractivity contribution in [2.75, 3.05) is 0 Å². The zero-order valence-corrected chi connectivity index (χ0v) is 28.4. The van der Waals surface area contributed by atoms with Crippen molar-refractivity contribution in [1.29, 1.82) is 0 Å². The normalized spacial score (nSPS) is 11.9. The van der Waals surface area contributed by atoms with Crippen LogP contribution in [0.4, 0.5) is 0 Å². The van der Waals surface area contributed by atoms with Gasteiger partial charge in [0.15, 0.2) is 13.9 Å². The van der Waals surface area contributed by atoms with E-state index in [2.05, 4.69) is 164 Å². The Hall–Kier alpha value is -5.60. The second kappa shape index (κ2) is 11.8. The average molecular weight is 690 g/mol. The minimum Gasteiger partial charge on any atom is -0.323 e. The van der Waals surface area contributed by atoms with Crippen LogP contribution in [0.15, 0.2) is 152 Å². The van der Waals surface area contributed by atoms with E-state index in [9.17, 15) is 0 Å². The SMILES string of the molecule is Clc1nc(Cl)nc(-c2cccc([Si](c3ccccc3)(c3ccccc3)c3cccc(-c4ccc5nc6[nH]c7ccccc7n6c5c4)c3)c2)n1. The summed E-state index contributed by atoms with van der Waals surface area (Å²) in [5, 5.41) is 5.06. The Balaban J connectivity index is 1.29. The van der Waals surface area contributed by atoms with E-state index in [1.165, 1.54) is 20.7 Å². The highest BCUT2D eigenvalue weighted by molar-refractivity contribution is 7.20. The Morgan fingerprint density at radius 2 is 1.04 bits per heavy atom. The molecular formula is C40H26Cl2N6Si. The Morgan fingerprint density at radius 1 is 0.469 bits per heavy atom. The van der Waals surface area contributed by atoms with Gasteiger partial charge in [-0.3, -0.25) is 4.40 Å². The summed E-state index contributed by atoms with van der Waals surface area (Å²) in [7, 11) is -2.93. The van der Waals surface area contributed by atoms with Gasteiger partial charge in [-0.1, -0.05) is 127 Å². The number of halogens is 2. The third-order valence-corrected chi connectivity index (χ3v) is 14.3. The Morgan fingerprint density at radius 3 is 1.73 bits per heavy atom. The van der Waals surface area contributed by atoms with Gasteiger partial charge >= 0.3 is 0 Å². The van der Waals surface area contributed by atoms with Gasteiger partial charge in [0.05, 0.1) is 22.1 Å². The molecule has 0 aliphatic carbocycles. The molecule has 0 saturated heterocycles. The van der Waals surface area contributed by atoms with Crippen molar-refractivity contribution in [3.8, 4) is 22.5 Å². The summed E-state index contributed by atoms with van der Waals surface area (Å²) in [4.78, 5) is 21.2. The maximum atomic E-state index is 6.23. The number of H-pyrrole nitrogens is 1. The van der Waals surface area contributed by atoms with Crippen LogP contribution in [-0.4, -0.2) is 37.4 Å². The van der Waals surface area contributed by atoms with Gasteiger partial charge in [-0.15, -0.1) is 0 Å². The first-order valence-corrected chi connectivity index (χ1v) is 18.6. The first kappa shape index (κ1) is 29.5. The molecule has 6 aromatic carbocycles. The van der Waals surface area contributed by atoms with Crippen LogP contribution in [0.5, 0.6) is 0 Å². The summed E-state index contributed by atoms with van der Waals surface area (Å²) in [6.07, 6.45) is 0. The molecule has 234 valence electrons. The molecule has 0 unspecified atom stereocenters. The van der Waals surface area contributed by atoms with Crippen LogP contribution in [-0.2, 0) is 0 Å². The molecule has 0 spiro atoms. The number of rotatable bonds is 6. The van der Waals surface area contributed by atoms with Gasteiger partial charge in [-0.25, -0.2) is 4.98 Å². The lowest BCUT2D eigenvalue weighted by atomic mass is 10.1. The standard InChI is InChI=1S/C40H26Cl2N6Si/c41-38-45-37(46-39(42)47-38)28-12-10-18-32(24-28)49(29-13-3-1-4-14-29,30-15-5-2-6-16-30)31-17-9-11-26(23-31)27-21-22-34-36(25-27)48-35-20-8-7-19-33(35)43-40(48)44-34/h1-25H,(H,43,44). The number of benzene rings is 6. The van der Waals surface area contributed by atoms with Gasteiger partial charge in [-0.2, -0.15) is 15.0 Å². The van der Waals surface area contributed by atoms with Gasteiger partial charge in [0.2, 0.25) is 16.3 Å². The van der Waals surface area contributed by atoms with Crippen molar-refractivity contribution >= 4 is 79.9 Å². The number of hydrogen-bond acceptors (Lipinski definition) is 4. The minimum atomic E-state index is -2.93. The second-order valence-corrected chi connectivity index (χ2v) is 16.4. The quantitative estimate of drug-likeness (QED) is 0.149. The lowest BCUT2D eigenvalue weighted by Gasteiger charge is -2.35. The summed E-state index contributed by atoms with van der Waals surface area (Å²) in [5.74, 6) is 1.27. The molecule has 0 aliphatic heterocycles. The number of fused-ring (bicyclic) bond motifs is 5. The number of aromatic amines is 1. The minimum absolute atomic E-state index is 0.0581. The molecule has 0 fully saturated rings. The van der Waals surface area contributed by atoms with Gasteiger partial charge in [0.25, 0.3) is 0 Å². The second-order valence-electron chi connectivity index (χ2n) is 12.0. The Labute approximate surface area is 292 Å². The number of imidazole rings is 2. The molecule has 9 aromatic rings. The highest BCUT2D eigenvalue weighted by Crippen LogP contribution is 2.28. The molecule has 0 amide bonds. The van der Waals surface area contributed by atoms with Crippen LogP contribution in [0.1, 0.15) is 0 Å². The lowest BCUT2D eigenvalue weighted by molar-refractivity contribution is 1.06. The van der Waals surface area contributed by atoms with Crippen LogP contribution < -0.4 is 20.7 Å². The topological polar surface area (TPSA) is 71.8 Å². The Bertz CT molecular complexity index is 2590. The van der Waals surface area contributed by atoms with E-state index >= 15 is 0 Å². The molecule has 9 heteroatoms. The molecule has 6 nitrogen and oxygen atoms in total. The maximum Gasteiger partial charge on any atom is 0.227 e. The van der Waals surface area contributed by atoms with Crippen molar-refractivity contribution in [2.45, 2.75) is 0 Å². The lowest BCUT2D eigenvalue weighted by Crippen LogP contribution is -2.74. The predicted octanol–water partition coefficient (Wildman–Crippen LogP) is 7.17. The summed E-state index contributed by atoms with van der Waals surface area (Å²) >= 11 is 12.5. The zero-order valence-electron chi connectivity index (χ0n) is 25.9. The predicted molar refractivity (Wildman–Crippen MR) is 202 cm³/mol. The average Bonchev–Trinajstić information content (AvgIpc) is 3.69. The number of nitrogens with zero attached hydrogens (tertiary/aromatic N) is 5. The molecule has 0 bridgehead atoms. The molecule has 0 atom stereocenters. The van der Waals surface area contributed by atoms with Gasteiger partial charge in [0.1, 0.15) is 0 Å². The summed E-state index contributed by atoms with van der Waals surface area (Å²) in [6, 6.07) is 53.9. The summed E-state index contributed by atoms with van der Waals surface area (Å²) < 4.78 is 2.20. The molecule has 0 radical (unpaired) electrons. The number of para-hydroxylation sites is 2. The summed E-state index contributed by atoms with van der Waals surface area (Å²) in [6.45, 7) is 0. The van der Waals surface area contributed by atoms with E-state index in [0.717, 1.165) is 44.5 Å². The van der Waals surface area contributed by atoms with Crippen LogP contribution >= 0.6 is 23.2 Å². The molecule has 3 aromatic heterocycles. The molecular weight excluding hydrogens is 663 g/mol. The van der Waals surface area contributed by atoms with Crippen LogP contribution in [0.3, 0.4) is 0 Å². The third kappa shape index (κ3) is 4.94. The van der Waals surface area contributed by atoms with Crippen molar-refractivity contribution in [2.24, 2.45) is 0 Å². The first-order chi connectivity index (χ1) is 24.1. The molecule has 49 heavy (non-hydrogen) atoms. The van der Waals surface area contributed by atoms with E-state index in [1.807, 2.05) is 12.1 Å². The van der Waals surface area contributed by atoms with E-state index in [0.29, 0.717) is 5.82 Å². The Kier molecular flexibility index (Phi) is 7.12. The van der Waals surface area contributed by atoms with E-state index < -0.39 is 8.07 Å². The van der Waals surface area contributed by atoms with Crippen molar-refractivity contribution in [3.63, 3.8) is 0 Å². The van der Waals surface area contributed by atoms with Crippen molar-refractivity contribution in [1.82, 2.24) is 29.3 Å². The largest absolute Gasteiger partial charge is 0.323 e. The van der Waals surface area contributed by atoms with E-state index in [-0.39, 0.29) is 10.6 Å². The maximum absolute atomic E-state index is 6.23. The smallest absolute Gasteiger partial charge is 0.227 e. The molecule has 0 aliphatic rings. The fourth-order valence-electron chi connectivity index (χ4n) is 7.13. The highest BCUT2D eigenvalue weighted by Gasteiger charge is 2.41. The fourth-order valence-corrected chi connectivity index (χ4v) is 12.3. The van der Waals surface area contributed by atoms with Crippen molar-refractivity contribution in [3.05, 3.63) is 162 Å². The third-order valence-electron chi connectivity index (χ3n) is 9.22. The van der Waals surface area contributed by atoms with Gasteiger partial charge in [-0.05, 0) is 79.3 Å². The van der Waals surface area contributed by atoms with Crippen molar-refractivity contribution < 1.29 is 0 Å². The number of hydrogen-bond donors (Lipinski definition) is 1. The van der Waals surface area contributed by atoms with E-state index in [1.54, 1.807) is 0 Å². The fraction of sp³-hybridized carbons (Fsp3) is 0. The zero-order chi connectivity index (χ0) is 33.0. The van der Waals surface area contributed by atoms with Crippen LogP contribution in [0.2, 0.25) is 10.6 Å². The van der Waals surface area contributed by atoms with E-state index in [4.69, 9.17) is 28.2 Å². The van der Waals surface area contributed by atoms with Gasteiger partial charge < -0.3 is 4.98 Å². The monoisotopic (exact) mass is 688 g/mol. The highest BCUT2D eigenvalue weighted by atomic mass is 35.5. The van der Waals surface area contributed by atoms with Gasteiger partial charge in [0, 0.05) is 5.56 Å². The summed E-state index contributed by atoms with van der Waals surface area (Å²) in [5.41, 5.74) is 7.24. The number of nitrogens with one attached hydrogen (secondary N) is 1. The number of aromatic nitrogens is 6. The first-order valence-electron chi connectivity index (χ1n) is 15.9. The molecule has 0 saturated carbocycles. The molecule has 9 rings (SSSR count). The molecule has 3 heterocycles.